The molecule has 0 amide bonds. The molecule has 2 N–H and O–H groups in total. The Labute approximate surface area is 123 Å². The number of aromatic nitrogens is 1. The lowest BCUT2D eigenvalue weighted by Gasteiger charge is -2.04. The van der Waals surface area contributed by atoms with Crippen LogP contribution < -0.4 is 5.73 Å². The first-order valence-corrected chi connectivity index (χ1v) is 6.40. The van der Waals surface area contributed by atoms with Crippen molar-refractivity contribution in [2.75, 3.05) is 5.73 Å². The smallest absolute Gasteiger partial charge is 0.179 e. The second kappa shape index (κ2) is 5.18. The number of halogens is 3. The Hall–Kier alpha value is -2.40. The lowest BCUT2D eigenvalue weighted by atomic mass is 10.0. The van der Waals surface area contributed by atoms with Crippen molar-refractivity contribution in [3.8, 4) is 22.5 Å². The number of hydrogen-bond acceptors (Lipinski definition) is 3. The van der Waals surface area contributed by atoms with Gasteiger partial charge in [0, 0.05) is 5.02 Å². The number of anilines is 1. The van der Waals surface area contributed by atoms with Gasteiger partial charge in [-0.2, -0.15) is 0 Å². The molecule has 0 spiro atoms. The molecule has 1 heterocycles. The van der Waals surface area contributed by atoms with Crippen molar-refractivity contribution < 1.29 is 13.3 Å². The average molecular weight is 307 g/mol. The van der Waals surface area contributed by atoms with Gasteiger partial charge in [0.15, 0.2) is 11.6 Å². The third-order valence-corrected chi connectivity index (χ3v) is 3.26. The molecule has 106 valence electrons. The van der Waals surface area contributed by atoms with Gasteiger partial charge in [-0.3, -0.25) is 0 Å². The Balaban J connectivity index is 2.21. The fourth-order valence-corrected chi connectivity index (χ4v) is 2.23. The molecule has 0 saturated heterocycles. The summed E-state index contributed by atoms with van der Waals surface area (Å²) in [4.78, 5) is 0. The van der Waals surface area contributed by atoms with E-state index < -0.39 is 5.82 Å². The van der Waals surface area contributed by atoms with Crippen molar-refractivity contribution in [2.24, 2.45) is 0 Å². The number of hydrogen-bond donors (Lipinski definition) is 1. The second-order valence-corrected chi connectivity index (χ2v) is 4.84. The first kappa shape index (κ1) is 13.6. The highest BCUT2D eigenvalue weighted by atomic mass is 35.5. The summed E-state index contributed by atoms with van der Waals surface area (Å²) < 4.78 is 32.1. The average Bonchev–Trinajstić information content (AvgIpc) is 2.84. The minimum absolute atomic E-state index is 0.0935. The fourth-order valence-electron chi connectivity index (χ4n) is 2.05. The van der Waals surface area contributed by atoms with Crippen LogP contribution in [0.3, 0.4) is 0 Å². The van der Waals surface area contributed by atoms with E-state index in [9.17, 15) is 8.78 Å². The molecule has 0 fully saturated rings. The first-order valence-electron chi connectivity index (χ1n) is 6.03. The van der Waals surface area contributed by atoms with Crippen molar-refractivity contribution in [1.82, 2.24) is 5.16 Å². The Morgan fingerprint density at radius 3 is 2.48 bits per heavy atom. The Morgan fingerprint density at radius 2 is 1.76 bits per heavy atom. The lowest BCUT2D eigenvalue weighted by molar-refractivity contribution is 0.433. The summed E-state index contributed by atoms with van der Waals surface area (Å²) in [5.41, 5.74) is 6.90. The van der Waals surface area contributed by atoms with Crippen LogP contribution in [0.1, 0.15) is 0 Å². The molecule has 0 aliphatic carbocycles. The van der Waals surface area contributed by atoms with Crippen LogP contribution in [0.2, 0.25) is 5.02 Å². The molecule has 3 nitrogen and oxygen atoms in total. The second-order valence-electron chi connectivity index (χ2n) is 4.40. The highest BCUT2D eigenvalue weighted by molar-refractivity contribution is 6.30. The van der Waals surface area contributed by atoms with Crippen LogP contribution in [0.5, 0.6) is 0 Å². The van der Waals surface area contributed by atoms with E-state index in [0.29, 0.717) is 16.1 Å². The molecule has 2 aromatic carbocycles. The van der Waals surface area contributed by atoms with E-state index in [-0.39, 0.29) is 23.0 Å². The van der Waals surface area contributed by atoms with E-state index in [1.807, 2.05) is 0 Å². The van der Waals surface area contributed by atoms with Gasteiger partial charge in [0.05, 0.1) is 11.1 Å². The van der Waals surface area contributed by atoms with E-state index in [0.717, 1.165) is 0 Å². The van der Waals surface area contributed by atoms with Gasteiger partial charge in [-0.25, -0.2) is 8.78 Å². The summed E-state index contributed by atoms with van der Waals surface area (Å²) in [6.07, 6.45) is 0. The van der Waals surface area contributed by atoms with Crippen molar-refractivity contribution in [3.63, 3.8) is 0 Å². The van der Waals surface area contributed by atoms with Crippen LogP contribution in [0.4, 0.5) is 14.6 Å². The maximum atomic E-state index is 14.0. The summed E-state index contributed by atoms with van der Waals surface area (Å²) in [5, 5.41) is 4.01. The molecule has 0 aliphatic heterocycles. The molecule has 3 rings (SSSR count). The number of nitrogens with zero attached hydrogens (tertiary/aromatic N) is 1. The standard InChI is InChI=1S/C15H9ClF2N2O/c16-9-3-6-12(18)11(7-9)14-13(15(19)20-21-14)8-1-4-10(17)5-2-8/h1-7H,(H2,19,20). The van der Waals surface area contributed by atoms with E-state index in [2.05, 4.69) is 5.16 Å². The summed E-state index contributed by atoms with van der Waals surface area (Å²) in [5.74, 6) is -0.654. The molecule has 0 saturated carbocycles. The van der Waals surface area contributed by atoms with E-state index in [4.69, 9.17) is 21.9 Å². The van der Waals surface area contributed by atoms with Crippen LogP contribution >= 0.6 is 11.6 Å². The van der Waals surface area contributed by atoms with Gasteiger partial charge in [-0.1, -0.05) is 28.9 Å². The van der Waals surface area contributed by atoms with Gasteiger partial charge in [0.1, 0.15) is 11.6 Å². The van der Waals surface area contributed by atoms with Crippen molar-refractivity contribution >= 4 is 17.4 Å². The van der Waals surface area contributed by atoms with Gasteiger partial charge in [0.25, 0.3) is 0 Å². The van der Waals surface area contributed by atoms with Gasteiger partial charge >= 0.3 is 0 Å². The topological polar surface area (TPSA) is 52.0 Å². The minimum atomic E-state index is -0.515. The zero-order chi connectivity index (χ0) is 15.0. The number of nitrogens with two attached hydrogens (primary N) is 1. The molecular formula is C15H9ClF2N2O. The third-order valence-electron chi connectivity index (χ3n) is 3.02. The normalized spacial score (nSPS) is 10.8. The Bertz CT molecular complexity index is 800. The molecule has 3 aromatic rings. The van der Waals surface area contributed by atoms with E-state index in [1.165, 1.54) is 42.5 Å². The van der Waals surface area contributed by atoms with Gasteiger partial charge in [-0.05, 0) is 35.9 Å². The van der Waals surface area contributed by atoms with Crippen LogP contribution in [0.25, 0.3) is 22.5 Å². The van der Waals surface area contributed by atoms with Crippen molar-refractivity contribution in [3.05, 3.63) is 59.1 Å². The molecule has 1 aromatic heterocycles. The number of rotatable bonds is 2. The SMILES string of the molecule is Nc1noc(-c2cc(Cl)ccc2F)c1-c1ccc(F)cc1. The zero-order valence-electron chi connectivity index (χ0n) is 10.6. The predicted molar refractivity (Wildman–Crippen MR) is 76.7 cm³/mol. The summed E-state index contributed by atoms with van der Waals surface area (Å²) in [7, 11) is 0. The van der Waals surface area contributed by atoms with Gasteiger partial charge in [-0.15, -0.1) is 0 Å². The Kier molecular flexibility index (Phi) is 3.35. The summed E-state index contributed by atoms with van der Waals surface area (Å²) in [6.45, 7) is 0. The molecule has 21 heavy (non-hydrogen) atoms. The van der Waals surface area contributed by atoms with Crippen LogP contribution in [-0.2, 0) is 0 Å². The minimum Gasteiger partial charge on any atom is -0.380 e. The number of benzene rings is 2. The monoisotopic (exact) mass is 306 g/mol. The van der Waals surface area contributed by atoms with E-state index >= 15 is 0 Å². The fraction of sp³-hybridized carbons (Fsp3) is 0. The molecule has 6 heteroatoms. The maximum Gasteiger partial charge on any atom is 0.179 e. The molecule has 0 aliphatic rings. The van der Waals surface area contributed by atoms with Gasteiger partial charge < -0.3 is 10.3 Å². The highest BCUT2D eigenvalue weighted by Crippen LogP contribution is 2.38. The van der Waals surface area contributed by atoms with Crippen LogP contribution in [0.15, 0.2) is 47.0 Å². The van der Waals surface area contributed by atoms with Crippen molar-refractivity contribution in [2.45, 2.75) is 0 Å². The Morgan fingerprint density at radius 1 is 1.05 bits per heavy atom. The maximum absolute atomic E-state index is 14.0. The molecule has 0 radical (unpaired) electrons. The number of nitrogen functional groups attached to an aromatic ring is 1. The highest BCUT2D eigenvalue weighted by Gasteiger charge is 2.20. The molecular weight excluding hydrogens is 298 g/mol. The quantitative estimate of drug-likeness (QED) is 0.757. The van der Waals surface area contributed by atoms with Crippen molar-refractivity contribution in [1.29, 1.82) is 0 Å². The third kappa shape index (κ3) is 2.48. The summed E-state index contributed by atoms with van der Waals surface area (Å²) in [6, 6.07) is 9.67. The van der Waals surface area contributed by atoms with E-state index in [1.54, 1.807) is 0 Å². The first-order chi connectivity index (χ1) is 10.1. The lowest BCUT2D eigenvalue weighted by Crippen LogP contribution is -1.90. The van der Waals surface area contributed by atoms with Gasteiger partial charge in [0.2, 0.25) is 0 Å². The predicted octanol–water partition coefficient (Wildman–Crippen LogP) is 4.52. The molecule has 0 atom stereocenters. The summed E-state index contributed by atoms with van der Waals surface area (Å²) >= 11 is 5.88. The largest absolute Gasteiger partial charge is 0.380 e. The van der Waals surface area contributed by atoms with Crippen LogP contribution in [-0.4, -0.2) is 5.16 Å². The molecule has 0 bridgehead atoms. The zero-order valence-corrected chi connectivity index (χ0v) is 11.4. The van der Waals surface area contributed by atoms with Crippen LogP contribution in [0, 0.1) is 11.6 Å². The molecule has 0 unspecified atom stereocenters.